The van der Waals surface area contributed by atoms with Crippen LogP contribution in [0.25, 0.3) is 0 Å². The molecule has 7 heteroatoms. The minimum Gasteiger partial charge on any atom is -0.491 e. The number of likely N-dealkylation sites (tertiary alicyclic amines) is 1. The van der Waals surface area contributed by atoms with Gasteiger partial charge < -0.3 is 15.0 Å². The van der Waals surface area contributed by atoms with Crippen LogP contribution in [0.3, 0.4) is 0 Å². The number of nitrogens with zero attached hydrogens (tertiary/aromatic N) is 1. The topological polar surface area (TPSA) is 58.6 Å². The lowest BCUT2D eigenvalue weighted by Gasteiger charge is -2.24. The Hall–Kier alpha value is -1.46. The fourth-order valence-corrected chi connectivity index (χ4v) is 3.20. The van der Waals surface area contributed by atoms with Crippen LogP contribution in [0.5, 0.6) is 5.75 Å². The summed E-state index contributed by atoms with van der Waals surface area (Å²) in [6.45, 7) is 0.825. The SMILES string of the molecule is O=C(NC1CC1)C1CCCN1C(=O)CCOc1cccc(Cl)c1Cl. The van der Waals surface area contributed by atoms with Crippen LogP contribution in [0.15, 0.2) is 18.2 Å². The first-order valence-corrected chi connectivity index (χ1v) is 8.98. The van der Waals surface area contributed by atoms with Gasteiger partial charge in [-0.2, -0.15) is 0 Å². The third kappa shape index (κ3) is 4.14. The molecule has 3 rings (SSSR count). The quantitative estimate of drug-likeness (QED) is 0.836. The van der Waals surface area contributed by atoms with Crippen molar-refractivity contribution in [2.24, 2.45) is 0 Å². The number of carbonyl (C=O) groups excluding carboxylic acids is 2. The van der Waals surface area contributed by atoms with E-state index in [1.165, 1.54) is 0 Å². The zero-order valence-corrected chi connectivity index (χ0v) is 14.8. The molecule has 24 heavy (non-hydrogen) atoms. The zero-order valence-electron chi connectivity index (χ0n) is 13.3. The minimum absolute atomic E-state index is 0.0258. The molecule has 5 nitrogen and oxygen atoms in total. The van der Waals surface area contributed by atoms with E-state index in [1.807, 2.05) is 0 Å². The third-order valence-electron chi connectivity index (χ3n) is 4.29. The lowest BCUT2D eigenvalue weighted by atomic mass is 10.2. The second kappa shape index (κ2) is 7.62. The summed E-state index contributed by atoms with van der Waals surface area (Å²) in [5, 5.41) is 3.74. The van der Waals surface area contributed by atoms with Crippen molar-refractivity contribution >= 4 is 35.0 Å². The Labute approximate surface area is 151 Å². The second-order valence-corrected chi connectivity index (χ2v) is 6.96. The molecule has 1 heterocycles. The van der Waals surface area contributed by atoms with Gasteiger partial charge in [-0.15, -0.1) is 0 Å². The molecule has 1 aromatic rings. The number of nitrogens with one attached hydrogen (secondary N) is 1. The number of ether oxygens (including phenoxy) is 1. The molecule has 2 amide bonds. The lowest BCUT2D eigenvalue weighted by molar-refractivity contribution is -0.138. The van der Waals surface area contributed by atoms with Crippen molar-refractivity contribution in [1.82, 2.24) is 10.2 Å². The van der Waals surface area contributed by atoms with Crippen LogP contribution in [0, 0.1) is 0 Å². The van der Waals surface area contributed by atoms with Gasteiger partial charge in [-0.25, -0.2) is 0 Å². The van der Waals surface area contributed by atoms with Gasteiger partial charge in [0.1, 0.15) is 16.8 Å². The Kier molecular flexibility index (Phi) is 5.51. The van der Waals surface area contributed by atoms with Crippen LogP contribution in [0.2, 0.25) is 10.0 Å². The average Bonchev–Trinajstić information content (AvgIpc) is 3.23. The van der Waals surface area contributed by atoms with Crippen molar-refractivity contribution < 1.29 is 14.3 Å². The van der Waals surface area contributed by atoms with Gasteiger partial charge >= 0.3 is 0 Å². The monoisotopic (exact) mass is 370 g/mol. The first-order chi connectivity index (χ1) is 11.6. The van der Waals surface area contributed by atoms with Crippen molar-refractivity contribution in [3.05, 3.63) is 28.2 Å². The molecule has 130 valence electrons. The highest BCUT2D eigenvalue weighted by atomic mass is 35.5. The molecular formula is C17H20Cl2N2O3. The van der Waals surface area contributed by atoms with Crippen molar-refractivity contribution in [2.45, 2.75) is 44.2 Å². The van der Waals surface area contributed by atoms with Gasteiger partial charge in [0.25, 0.3) is 0 Å². The second-order valence-electron chi connectivity index (χ2n) is 6.18. The fourth-order valence-electron chi connectivity index (χ4n) is 2.85. The van der Waals surface area contributed by atoms with Crippen molar-refractivity contribution in [3.63, 3.8) is 0 Å². The Bertz CT molecular complexity index is 634. The molecule has 0 bridgehead atoms. The van der Waals surface area contributed by atoms with E-state index in [0.29, 0.717) is 28.4 Å². The van der Waals surface area contributed by atoms with Gasteiger partial charge in [0.2, 0.25) is 11.8 Å². The van der Waals surface area contributed by atoms with Crippen molar-refractivity contribution in [3.8, 4) is 5.75 Å². The van der Waals surface area contributed by atoms with Gasteiger partial charge in [-0.05, 0) is 37.8 Å². The highest BCUT2D eigenvalue weighted by Crippen LogP contribution is 2.31. The Morgan fingerprint density at radius 2 is 2.04 bits per heavy atom. The van der Waals surface area contributed by atoms with Gasteiger partial charge in [0.05, 0.1) is 18.1 Å². The van der Waals surface area contributed by atoms with Gasteiger partial charge in [0, 0.05) is 12.6 Å². The number of halogens is 2. The summed E-state index contributed by atoms with van der Waals surface area (Å²) in [5.41, 5.74) is 0. The van der Waals surface area contributed by atoms with E-state index in [9.17, 15) is 9.59 Å². The maximum absolute atomic E-state index is 12.4. The molecule has 1 saturated carbocycles. The summed E-state index contributed by atoms with van der Waals surface area (Å²) in [4.78, 5) is 26.3. The van der Waals surface area contributed by atoms with Gasteiger partial charge in [0.15, 0.2) is 0 Å². The molecule has 0 radical (unpaired) electrons. The third-order valence-corrected chi connectivity index (χ3v) is 5.09. The molecule has 2 fully saturated rings. The van der Waals surface area contributed by atoms with E-state index >= 15 is 0 Å². The molecule has 1 aliphatic carbocycles. The molecular weight excluding hydrogens is 351 g/mol. The van der Waals surface area contributed by atoms with Crippen LogP contribution in [-0.4, -0.2) is 41.9 Å². The van der Waals surface area contributed by atoms with Crippen molar-refractivity contribution in [2.75, 3.05) is 13.2 Å². The highest BCUT2D eigenvalue weighted by molar-refractivity contribution is 6.42. The first kappa shape index (κ1) is 17.4. The largest absolute Gasteiger partial charge is 0.491 e. The van der Waals surface area contributed by atoms with Crippen LogP contribution >= 0.6 is 23.2 Å². The number of carbonyl (C=O) groups is 2. The normalized spacial score (nSPS) is 20.1. The van der Waals surface area contributed by atoms with Gasteiger partial charge in [-0.1, -0.05) is 29.3 Å². The summed E-state index contributed by atoms with van der Waals surface area (Å²) in [6, 6.07) is 5.09. The molecule has 1 atom stereocenters. The lowest BCUT2D eigenvalue weighted by Crippen LogP contribution is -2.46. The molecule has 0 spiro atoms. The van der Waals surface area contributed by atoms with E-state index < -0.39 is 0 Å². The Morgan fingerprint density at radius 3 is 2.79 bits per heavy atom. The van der Waals surface area contributed by atoms with Gasteiger partial charge in [-0.3, -0.25) is 9.59 Å². The summed E-state index contributed by atoms with van der Waals surface area (Å²) in [5.74, 6) is 0.366. The minimum atomic E-state index is -0.340. The maximum atomic E-state index is 12.4. The smallest absolute Gasteiger partial charge is 0.243 e. The standard InChI is InChI=1S/C17H20Cl2N2O3/c18-12-3-1-5-14(16(12)19)24-10-8-15(22)21-9-2-4-13(21)17(23)20-11-6-7-11/h1,3,5,11,13H,2,4,6-10H2,(H,20,23). The predicted molar refractivity (Wildman–Crippen MR) is 92.5 cm³/mol. The van der Waals surface area contributed by atoms with Crippen LogP contribution in [-0.2, 0) is 9.59 Å². The number of amides is 2. The maximum Gasteiger partial charge on any atom is 0.243 e. The Balaban J connectivity index is 1.50. The summed E-state index contributed by atoms with van der Waals surface area (Å²) >= 11 is 12.0. The molecule has 2 aliphatic rings. The average molecular weight is 371 g/mol. The number of rotatable bonds is 6. The molecule has 1 N–H and O–H groups in total. The molecule has 1 aromatic carbocycles. The first-order valence-electron chi connectivity index (χ1n) is 8.23. The van der Waals surface area contributed by atoms with E-state index in [2.05, 4.69) is 5.32 Å². The predicted octanol–water partition coefficient (Wildman–Crippen LogP) is 3.03. The fraction of sp³-hybridized carbons (Fsp3) is 0.529. The van der Waals surface area contributed by atoms with E-state index in [1.54, 1.807) is 23.1 Å². The summed E-state index contributed by atoms with van der Waals surface area (Å²) < 4.78 is 5.55. The highest BCUT2D eigenvalue weighted by Gasteiger charge is 2.36. The number of hydrogen-bond donors (Lipinski definition) is 1. The molecule has 1 aliphatic heterocycles. The number of benzene rings is 1. The Morgan fingerprint density at radius 1 is 1.25 bits per heavy atom. The van der Waals surface area contributed by atoms with Crippen LogP contribution < -0.4 is 10.1 Å². The zero-order chi connectivity index (χ0) is 17.1. The van der Waals surface area contributed by atoms with Crippen LogP contribution in [0.1, 0.15) is 32.1 Å². The van der Waals surface area contributed by atoms with E-state index in [0.717, 1.165) is 25.7 Å². The number of hydrogen-bond acceptors (Lipinski definition) is 3. The van der Waals surface area contributed by atoms with Crippen molar-refractivity contribution in [1.29, 1.82) is 0 Å². The molecule has 1 saturated heterocycles. The summed E-state index contributed by atoms with van der Waals surface area (Å²) in [7, 11) is 0. The van der Waals surface area contributed by atoms with E-state index in [4.69, 9.17) is 27.9 Å². The molecule has 1 unspecified atom stereocenters. The summed E-state index contributed by atoms with van der Waals surface area (Å²) in [6.07, 6.45) is 3.87. The molecule has 0 aromatic heterocycles. The van der Waals surface area contributed by atoms with Crippen LogP contribution in [0.4, 0.5) is 0 Å². The van der Waals surface area contributed by atoms with E-state index in [-0.39, 0.29) is 30.9 Å².